The zero-order valence-electron chi connectivity index (χ0n) is 12.3. The number of amides is 2. The van der Waals surface area contributed by atoms with Gasteiger partial charge in [-0.25, -0.2) is 4.98 Å². The van der Waals surface area contributed by atoms with Gasteiger partial charge in [0.1, 0.15) is 17.9 Å². The molecule has 20 heavy (non-hydrogen) atoms. The molecule has 1 fully saturated rings. The normalized spacial score (nSPS) is 23.1. The quantitative estimate of drug-likeness (QED) is 0.862. The zero-order valence-corrected chi connectivity index (χ0v) is 12.3. The van der Waals surface area contributed by atoms with Gasteiger partial charge in [0.2, 0.25) is 11.8 Å². The van der Waals surface area contributed by atoms with Gasteiger partial charge in [-0.3, -0.25) is 9.59 Å². The Kier molecular flexibility index (Phi) is 4.42. The van der Waals surface area contributed by atoms with Crippen LogP contribution in [0.3, 0.4) is 0 Å². The van der Waals surface area contributed by atoms with Crippen LogP contribution in [0.1, 0.15) is 32.5 Å². The van der Waals surface area contributed by atoms with E-state index in [9.17, 15) is 9.59 Å². The predicted molar refractivity (Wildman–Crippen MR) is 75.0 cm³/mol. The molecule has 0 aliphatic carbocycles. The molecular weight excluding hydrogens is 256 g/mol. The summed E-state index contributed by atoms with van der Waals surface area (Å²) >= 11 is 0. The molecule has 1 N–H and O–H groups in total. The number of aromatic nitrogens is 2. The number of piperazine rings is 1. The lowest BCUT2D eigenvalue weighted by Gasteiger charge is -2.38. The van der Waals surface area contributed by atoms with Crippen LogP contribution in [0.5, 0.6) is 0 Å². The molecule has 0 bridgehead atoms. The summed E-state index contributed by atoms with van der Waals surface area (Å²) in [7, 11) is 0. The zero-order chi connectivity index (χ0) is 14.7. The summed E-state index contributed by atoms with van der Waals surface area (Å²) in [6.07, 6.45) is 4.90. The lowest BCUT2D eigenvalue weighted by Crippen LogP contribution is -2.63. The van der Waals surface area contributed by atoms with E-state index in [2.05, 4.69) is 10.3 Å². The maximum Gasteiger partial charge on any atom is 0.245 e. The Balaban J connectivity index is 2.10. The molecule has 110 valence electrons. The second-order valence-corrected chi connectivity index (χ2v) is 5.09. The number of carbonyl (C=O) groups excluding carboxylic acids is 2. The van der Waals surface area contributed by atoms with E-state index < -0.39 is 0 Å². The first-order valence-corrected chi connectivity index (χ1v) is 7.17. The number of rotatable bonds is 5. The fraction of sp³-hybridized carbons (Fsp3) is 0.643. The number of carbonyl (C=O) groups is 2. The Bertz CT molecular complexity index is 497. The highest BCUT2D eigenvalue weighted by Gasteiger charge is 2.38. The maximum atomic E-state index is 12.4. The third-order valence-corrected chi connectivity index (χ3v) is 3.88. The fourth-order valence-corrected chi connectivity index (χ4v) is 2.63. The molecule has 0 aromatic carbocycles. The third-order valence-electron chi connectivity index (χ3n) is 3.88. The van der Waals surface area contributed by atoms with Crippen LogP contribution in [0.4, 0.5) is 0 Å². The molecule has 1 aromatic rings. The van der Waals surface area contributed by atoms with E-state index in [0.717, 1.165) is 5.82 Å². The molecule has 2 atom stereocenters. The van der Waals surface area contributed by atoms with Crippen molar-refractivity contribution in [2.45, 2.75) is 52.2 Å². The molecule has 0 saturated carbocycles. The van der Waals surface area contributed by atoms with E-state index in [1.165, 1.54) is 0 Å². The maximum absolute atomic E-state index is 12.4. The average molecular weight is 278 g/mol. The van der Waals surface area contributed by atoms with Crippen LogP contribution in [-0.4, -0.2) is 44.9 Å². The topological polar surface area (TPSA) is 67.2 Å². The first kappa shape index (κ1) is 14.6. The van der Waals surface area contributed by atoms with Crippen molar-refractivity contribution in [3.05, 3.63) is 18.2 Å². The number of aryl methyl sites for hydroxylation is 1. The highest BCUT2D eigenvalue weighted by molar-refractivity contribution is 5.96. The minimum atomic E-state index is -0.380. The Morgan fingerprint density at radius 3 is 2.55 bits per heavy atom. The van der Waals surface area contributed by atoms with Crippen molar-refractivity contribution in [1.29, 1.82) is 0 Å². The van der Waals surface area contributed by atoms with Crippen LogP contribution in [0.15, 0.2) is 12.4 Å². The predicted octanol–water partition coefficient (Wildman–Crippen LogP) is 0.707. The van der Waals surface area contributed by atoms with E-state index >= 15 is 0 Å². The van der Waals surface area contributed by atoms with Crippen molar-refractivity contribution in [3.8, 4) is 0 Å². The van der Waals surface area contributed by atoms with Crippen LogP contribution in [-0.2, 0) is 16.1 Å². The lowest BCUT2D eigenvalue weighted by molar-refractivity contribution is -0.149. The van der Waals surface area contributed by atoms with Crippen molar-refractivity contribution in [2.75, 3.05) is 6.54 Å². The largest absolute Gasteiger partial charge is 0.343 e. The number of hydrogen-bond acceptors (Lipinski definition) is 3. The molecule has 0 radical (unpaired) electrons. The Hall–Kier alpha value is -1.85. The summed E-state index contributed by atoms with van der Waals surface area (Å²) in [5.41, 5.74) is 0. The summed E-state index contributed by atoms with van der Waals surface area (Å²) in [4.78, 5) is 30.3. The van der Waals surface area contributed by atoms with Crippen LogP contribution < -0.4 is 5.32 Å². The Morgan fingerprint density at radius 2 is 2.00 bits per heavy atom. The van der Waals surface area contributed by atoms with Crippen LogP contribution in [0.2, 0.25) is 0 Å². The molecule has 2 unspecified atom stereocenters. The summed E-state index contributed by atoms with van der Waals surface area (Å²) in [6.45, 7) is 6.97. The third kappa shape index (κ3) is 2.69. The van der Waals surface area contributed by atoms with Gasteiger partial charge in [-0.1, -0.05) is 13.8 Å². The Labute approximate surface area is 119 Å². The summed E-state index contributed by atoms with van der Waals surface area (Å²) in [6, 6.07) is -0.733. The lowest BCUT2D eigenvalue weighted by atomic mass is 10.0. The monoisotopic (exact) mass is 278 g/mol. The fourth-order valence-electron chi connectivity index (χ4n) is 2.63. The van der Waals surface area contributed by atoms with Gasteiger partial charge < -0.3 is 14.8 Å². The summed E-state index contributed by atoms with van der Waals surface area (Å²) in [5, 5.41) is 2.80. The molecule has 1 aromatic heterocycles. The van der Waals surface area contributed by atoms with Crippen molar-refractivity contribution >= 4 is 11.8 Å². The smallest absolute Gasteiger partial charge is 0.245 e. The minimum absolute atomic E-state index is 0.0247. The van der Waals surface area contributed by atoms with Crippen LogP contribution >= 0.6 is 0 Å². The van der Waals surface area contributed by atoms with E-state index in [1.807, 2.05) is 31.5 Å². The molecule has 2 rings (SSSR count). The van der Waals surface area contributed by atoms with E-state index in [0.29, 0.717) is 25.9 Å². The minimum Gasteiger partial charge on any atom is -0.343 e. The van der Waals surface area contributed by atoms with Crippen LogP contribution in [0, 0.1) is 6.92 Å². The van der Waals surface area contributed by atoms with Crippen molar-refractivity contribution in [3.63, 3.8) is 0 Å². The standard InChI is InChI=1S/C14H22N4O2/c1-4-11-14(20)18(12(5-2)13(19)16-11)9-8-17-7-6-15-10(17)3/h6-7,11-12H,4-5,8-9H2,1-3H3,(H,16,19). The van der Waals surface area contributed by atoms with Gasteiger partial charge in [-0.05, 0) is 19.8 Å². The van der Waals surface area contributed by atoms with Gasteiger partial charge in [0.25, 0.3) is 0 Å². The molecule has 6 heteroatoms. The molecule has 6 nitrogen and oxygen atoms in total. The first-order chi connectivity index (χ1) is 9.58. The molecule has 0 spiro atoms. The van der Waals surface area contributed by atoms with Crippen molar-refractivity contribution < 1.29 is 9.59 Å². The highest BCUT2D eigenvalue weighted by atomic mass is 16.2. The molecule has 2 amide bonds. The number of nitrogens with zero attached hydrogens (tertiary/aromatic N) is 3. The number of hydrogen-bond donors (Lipinski definition) is 1. The molecule has 1 saturated heterocycles. The van der Waals surface area contributed by atoms with Gasteiger partial charge >= 0.3 is 0 Å². The van der Waals surface area contributed by atoms with Gasteiger partial charge in [-0.2, -0.15) is 0 Å². The summed E-state index contributed by atoms with van der Waals surface area (Å²) < 4.78 is 1.99. The van der Waals surface area contributed by atoms with Crippen molar-refractivity contribution in [1.82, 2.24) is 19.8 Å². The van der Waals surface area contributed by atoms with Gasteiger partial charge in [-0.15, -0.1) is 0 Å². The summed E-state index contributed by atoms with van der Waals surface area (Å²) in [5.74, 6) is 0.900. The number of imidazole rings is 1. The van der Waals surface area contributed by atoms with Crippen molar-refractivity contribution in [2.24, 2.45) is 0 Å². The number of nitrogens with one attached hydrogen (secondary N) is 1. The molecule has 1 aliphatic rings. The SMILES string of the molecule is CCC1NC(=O)C(CC)N(CCn2ccnc2C)C1=O. The second kappa shape index (κ2) is 6.07. The highest BCUT2D eigenvalue weighted by Crippen LogP contribution is 2.15. The first-order valence-electron chi connectivity index (χ1n) is 7.17. The average Bonchev–Trinajstić information content (AvgIpc) is 2.84. The van der Waals surface area contributed by atoms with E-state index in [4.69, 9.17) is 0 Å². The second-order valence-electron chi connectivity index (χ2n) is 5.09. The van der Waals surface area contributed by atoms with Crippen LogP contribution in [0.25, 0.3) is 0 Å². The van der Waals surface area contributed by atoms with E-state index in [-0.39, 0.29) is 23.9 Å². The molecular formula is C14H22N4O2. The molecule has 1 aliphatic heterocycles. The van der Waals surface area contributed by atoms with E-state index in [1.54, 1.807) is 11.1 Å². The Morgan fingerprint density at radius 1 is 1.25 bits per heavy atom. The van der Waals surface area contributed by atoms with Gasteiger partial charge in [0, 0.05) is 25.5 Å². The molecule has 2 heterocycles. The van der Waals surface area contributed by atoms with Gasteiger partial charge in [0.15, 0.2) is 0 Å². The van der Waals surface area contributed by atoms with Gasteiger partial charge in [0.05, 0.1) is 0 Å².